The lowest BCUT2D eigenvalue weighted by molar-refractivity contribution is 0.0986. The largest absolute Gasteiger partial charge is 0.345 e. The van der Waals surface area contributed by atoms with Crippen molar-refractivity contribution in [3.05, 3.63) is 46.4 Å². The third-order valence-corrected chi connectivity index (χ3v) is 7.96. The summed E-state index contributed by atoms with van der Waals surface area (Å²) in [6.07, 6.45) is 2.97. The summed E-state index contributed by atoms with van der Waals surface area (Å²) in [4.78, 5) is 6.25. The highest BCUT2D eigenvalue weighted by Gasteiger charge is 2.33. The summed E-state index contributed by atoms with van der Waals surface area (Å²) in [6.45, 7) is 5.90. The number of sulfone groups is 1. The minimum atomic E-state index is -2.79. The van der Waals surface area contributed by atoms with Gasteiger partial charge < -0.3 is 4.57 Å². The summed E-state index contributed by atoms with van der Waals surface area (Å²) >= 11 is 1.80. The molecule has 5 nitrogen and oxygen atoms in total. The van der Waals surface area contributed by atoms with Crippen molar-refractivity contribution in [2.45, 2.75) is 25.6 Å². The van der Waals surface area contributed by atoms with E-state index in [1.165, 1.54) is 10.6 Å². The monoisotopic (exact) mass is 379 g/mol. The van der Waals surface area contributed by atoms with Crippen LogP contribution in [0.1, 0.15) is 17.0 Å². The zero-order valence-corrected chi connectivity index (χ0v) is 16.0. The minimum Gasteiger partial charge on any atom is -0.345 e. The topological polar surface area (TPSA) is 45.6 Å². The number of hydrogen-bond acceptors (Lipinski definition) is 5. The Kier molecular flexibility index (Phi) is 4.99. The van der Waals surface area contributed by atoms with Gasteiger partial charge in [0.15, 0.2) is 9.84 Å². The van der Waals surface area contributed by atoms with E-state index in [1.54, 1.807) is 11.3 Å². The molecule has 0 radical (unpaired) electrons. The molecule has 1 atom stereocenters. The van der Waals surface area contributed by atoms with Crippen molar-refractivity contribution in [3.8, 4) is 0 Å². The molecule has 0 spiro atoms. The van der Waals surface area contributed by atoms with Crippen LogP contribution in [0.25, 0.3) is 0 Å². The molecule has 0 amide bonds. The number of rotatable bonds is 5. The fourth-order valence-corrected chi connectivity index (χ4v) is 6.36. The van der Waals surface area contributed by atoms with Crippen LogP contribution in [0.5, 0.6) is 0 Å². The Morgan fingerprint density at radius 1 is 1.08 bits per heavy atom. The molecule has 0 aromatic carbocycles. The van der Waals surface area contributed by atoms with Gasteiger partial charge in [0, 0.05) is 55.5 Å². The highest BCUT2D eigenvalue weighted by atomic mass is 32.2. The highest BCUT2D eigenvalue weighted by molar-refractivity contribution is 7.91. The summed E-state index contributed by atoms with van der Waals surface area (Å²) in [5, 5.41) is 2.13. The molecular weight excluding hydrogens is 354 g/mol. The van der Waals surface area contributed by atoms with Crippen LogP contribution in [0, 0.1) is 0 Å². The molecule has 2 fully saturated rings. The molecule has 0 aliphatic carbocycles. The van der Waals surface area contributed by atoms with Crippen molar-refractivity contribution in [2.24, 2.45) is 0 Å². The molecule has 2 aromatic rings. The second kappa shape index (κ2) is 7.23. The first-order chi connectivity index (χ1) is 12.1. The Hall–Kier alpha value is -1.15. The van der Waals surface area contributed by atoms with Gasteiger partial charge in [-0.2, -0.15) is 0 Å². The SMILES string of the molecule is O=S1(=O)CCC(N2CCN(Cc3cccn3Cc3cccs3)CC2)C1. The van der Waals surface area contributed by atoms with Crippen LogP contribution in [-0.2, 0) is 22.9 Å². The molecule has 1 unspecified atom stereocenters. The summed E-state index contributed by atoms with van der Waals surface area (Å²) in [5.74, 6) is 0.727. The second-order valence-electron chi connectivity index (χ2n) is 7.08. The summed E-state index contributed by atoms with van der Waals surface area (Å²) in [6, 6.07) is 8.87. The van der Waals surface area contributed by atoms with E-state index in [2.05, 4.69) is 50.2 Å². The lowest BCUT2D eigenvalue weighted by Gasteiger charge is -2.37. The van der Waals surface area contributed by atoms with Crippen molar-refractivity contribution < 1.29 is 8.42 Å². The zero-order chi connectivity index (χ0) is 17.3. The van der Waals surface area contributed by atoms with E-state index in [4.69, 9.17) is 0 Å². The maximum atomic E-state index is 11.7. The second-order valence-corrected chi connectivity index (χ2v) is 10.3. The number of piperazine rings is 1. The van der Waals surface area contributed by atoms with Gasteiger partial charge in [0.05, 0.1) is 18.1 Å². The highest BCUT2D eigenvalue weighted by Crippen LogP contribution is 2.20. The van der Waals surface area contributed by atoms with E-state index >= 15 is 0 Å². The number of aromatic nitrogens is 1. The maximum Gasteiger partial charge on any atom is 0.151 e. The van der Waals surface area contributed by atoms with Gasteiger partial charge in [-0.1, -0.05) is 6.07 Å². The molecule has 2 saturated heterocycles. The predicted octanol–water partition coefficient (Wildman–Crippen LogP) is 1.90. The number of thiophene rings is 1. The number of nitrogens with zero attached hydrogens (tertiary/aromatic N) is 3. The smallest absolute Gasteiger partial charge is 0.151 e. The molecule has 2 aromatic heterocycles. The molecule has 2 aliphatic heterocycles. The summed E-state index contributed by atoms with van der Waals surface area (Å²) in [7, 11) is -2.79. The normalized spacial score (nSPS) is 24.7. The van der Waals surface area contributed by atoms with Gasteiger partial charge in [-0.15, -0.1) is 11.3 Å². The Morgan fingerprint density at radius 2 is 1.92 bits per heavy atom. The van der Waals surface area contributed by atoms with E-state index in [0.717, 1.165) is 45.7 Å². The average Bonchev–Trinajstić information content (AvgIpc) is 3.32. The minimum absolute atomic E-state index is 0.245. The van der Waals surface area contributed by atoms with E-state index in [9.17, 15) is 8.42 Å². The fourth-order valence-electron chi connectivity index (χ4n) is 3.90. The van der Waals surface area contributed by atoms with E-state index in [-0.39, 0.29) is 6.04 Å². The van der Waals surface area contributed by atoms with Crippen molar-refractivity contribution >= 4 is 21.2 Å². The van der Waals surface area contributed by atoms with Gasteiger partial charge in [0.25, 0.3) is 0 Å². The molecule has 7 heteroatoms. The van der Waals surface area contributed by atoms with Crippen LogP contribution in [0.4, 0.5) is 0 Å². The molecule has 2 aliphatic rings. The fraction of sp³-hybridized carbons (Fsp3) is 0.556. The van der Waals surface area contributed by atoms with Gasteiger partial charge >= 0.3 is 0 Å². The van der Waals surface area contributed by atoms with Gasteiger partial charge in [-0.05, 0) is 30.0 Å². The molecule has 4 heterocycles. The first kappa shape index (κ1) is 17.3. The van der Waals surface area contributed by atoms with Gasteiger partial charge in [-0.25, -0.2) is 8.42 Å². The third kappa shape index (κ3) is 4.16. The molecular formula is C18H25N3O2S2. The van der Waals surface area contributed by atoms with Crippen molar-refractivity contribution in [1.82, 2.24) is 14.4 Å². The molecule has 0 N–H and O–H groups in total. The Morgan fingerprint density at radius 3 is 2.60 bits per heavy atom. The molecule has 0 saturated carbocycles. The standard InChI is InChI=1S/C18H25N3O2S2/c22-25(23)12-5-17(15-25)20-9-7-19(8-10-20)13-16-3-1-6-21(16)14-18-4-2-11-24-18/h1-4,6,11,17H,5,7-10,12-15H2. The van der Waals surface area contributed by atoms with Crippen LogP contribution >= 0.6 is 11.3 Å². The van der Waals surface area contributed by atoms with E-state index < -0.39 is 9.84 Å². The Labute approximate surface area is 153 Å². The van der Waals surface area contributed by atoms with Crippen molar-refractivity contribution in [2.75, 3.05) is 37.7 Å². The van der Waals surface area contributed by atoms with Gasteiger partial charge in [-0.3, -0.25) is 9.80 Å². The third-order valence-electron chi connectivity index (χ3n) is 5.35. The molecule has 25 heavy (non-hydrogen) atoms. The van der Waals surface area contributed by atoms with E-state index in [1.807, 2.05) is 0 Å². The van der Waals surface area contributed by atoms with E-state index in [0.29, 0.717) is 11.5 Å². The quantitative estimate of drug-likeness (QED) is 0.796. The van der Waals surface area contributed by atoms with Crippen LogP contribution < -0.4 is 0 Å². The first-order valence-electron chi connectivity index (χ1n) is 8.92. The zero-order valence-electron chi connectivity index (χ0n) is 14.4. The average molecular weight is 380 g/mol. The number of hydrogen-bond donors (Lipinski definition) is 0. The molecule has 0 bridgehead atoms. The van der Waals surface area contributed by atoms with Crippen LogP contribution in [-0.4, -0.2) is 66.5 Å². The summed E-state index contributed by atoms with van der Waals surface area (Å²) in [5.41, 5.74) is 1.35. The van der Waals surface area contributed by atoms with Crippen molar-refractivity contribution in [1.29, 1.82) is 0 Å². The maximum absolute atomic E-state index is 11.7. The Balaban J connectivity index is 1.31. The predicted molar refractivity (Wildman–Crippen MR) is 102 cm³/mol. The van der Waals surface area contributed by atoms with Crippen LogP contribution in [0.2, 0.25) is 0 Å². The van der Waals surface area contributed by atoms with Crippen LogP contribution in [0.3, 0.4) is 0 Å². The molecule has 136 valence electrons. The first-order valence-corrected chi connectivity index (χ1v) is 11.6. The summed E-state index contributed by atoms with van der Waals surface area (Å²) < 4.78 is 25.7. The van der Waals surface area contributed by atoms with Crippen LogP contribution in [0.15, 0.2) is 35.8 Å². The van der Waals surface area contributed by atoms with Crippen molar-refractivity contribution in [3.63, 3.8) is 0 Å². The van der Waals surface area contributed by atoms with Gasteiger partial charge in [0.1, 0.15) is 0 Å². The van der Waals surface area contributed by atoms with Gasteiger partial charge in [0.2, 0.25) is 0 Å². The Bertz CT molecular complexity index is 790. The molecule has 4 rings (SSSR count). The lowest BCUT2D eigenvalue weighted by atomic mass is 10.2. The lowest BCUT2D eigenvalue weighted by Crippen LogP contribution is -2.50.